The molecule has 2 heterocycles. The number of benzene rings is 1. The van der Waals surface area contributed by atoms with Crippen LogP contribution in [0.5, 0.6) is 0 Å². The van der Waals surface area contributed by atoms with Gasteiger partial charge in [-0.05, 0) is 43.9 Å². The molecule has 2 N–H and O–H groups in total. The number of amides is 4. The second-order valence-electron chi connectivity index (χ2n) is 8.58. The molecule has 2 fully saturated rings. The van der Waals surface area contributed by atoms with Crippen molar-refractivity contribution in [1.29, 1.82) is 0 Å². The quantitative estimate of drug-likeness (QED) is 0.722. The van der Waals surface area contributed by atoms with Crippen LogP contribution in [0.3, 0.4) is 0 Å². The molecule has 164 valence electrons. The first kappa shape index (κ1) is 21.1. The summed E-state index contributed by atoms with van der Waals surface area (Å²) in [6.45, 7) is 4.12. The molecule has 0 bridgehead atoms. The second-order valence-corrected chi connectivity index (χ2v) is 8.58. The molecule has 1 aliphatic carbocycles. The van der Waals surface area contributed by atoms with Crippen LogP contribution in [0.25, 0.3) is 11.3 Å². The number of imidazole rings is 1. The first-order valence-electron chi connectivity index (χ1n) is 10.9. The lowest BCUT2D eigenvalue weighted by molar-refractivity contribution is -0.131. The number of aromatic nitrogens is 2. The lowest BCUT2D eigenvalue weighted by atomic mass is 9.94. The van der Waals surface area contributed by atoms with Crippen molar-refractivity contribution >= 4 is 23.8 Å². The molecule has 0 spiro atoms. The van der Waals surface area contributed by atoms with E-state index in [0.717, 1.165) is 43.4 Å². The van der Waals surface area contributed by atoms with Gasteiger partial charge in [0.2, 0.25) is 11.9 Å². The van der Waals surface area contributed by atoms with Gasteiger partial charge in [0.1, 0.15) is 6.04 Å². The number of carbonyl (C=O) groups is 3. The van der Waals surface area contributed by atoms with Crippen molar-refractivity contribution in [2.24, 2.45) is 7.05 Å². The Morgan fingerprint density at radius 1 is 1.16 bits per heavy atom. The molecule has 1 aromatic heterocycles. The van der Waals surface area contributed by atoms with Crippen LogP contribution >= 0.6 is 0 Å². The first-order chi connectivity index (χ1) is 14.8. The van der Waals surface area contributed by atoms with Gasteiger partial charge in [-0.3, -0.25) is 19.8 Å². The average molecular weight is 424 g/mol. The summed E-state index contributed by atoms with van der Waals surface area (Å²) in [5.41, 5.74) is 4.29. The van der Waals surface area contributed by atoms with Crippen molar-refractivity contribution in [3.05, 3.63) is 35.5 Å². The highest BCUT2D eigenvalue weighted by molar-refractivity contribution is 6.07. The summed E-state index contributed by atoms with van der Waals surface area (Å²) in [5, 5.41) is 5.45. The van der Waals surface area contributed by atoms with E-state index in [0.29, 0.717) is 5.95 Å². The van der Waals surface area contributed by atoms with Crippen LogP contribution < -0.4 is 10.6 Å². The number of carbonyl (C=O) groups excluding carboxylic acids is 3. The molecular formula is C23H29N5O3. The van der Waals surface area contributed by atoms with Crippen molar-refractivity contribution in [1.82, 2.24) is 19.8 Å². The van der Waals surface area contributed by atoms with Crippen LogP contribution in [-0.4, -0.2) is 44.4 Å². The fourth-order valence-corrected chi connectivity index (χ4v) is 4.43. The Hall–Kier alpha value is -3.16. The van der Waals surface area contributed by atoms with Gasteiger partial charge in [0.05, 0.1) is 18.3 Å². The molecule has 8 heteroatoms. The molecule has 1 aromatic carbocycles. The third kappa shape index (κ3) is 4.19. The Morgan fingerprint density at radius 3 is 2.61 bits per heavy atom. The molecule has 1 atom stereocenters. The van der Waals surface area contributed by atoms with Crippen molar-refractivity contribution in [3.63, 3.8) is 0 Å². The summed E-state index contributed by atoms with van der Waals surface area (Å²) in [5.74, 6) is -0.258. The minimum atomic E-state index is -0.825. The molecule has 31 heavy (non-hydrogen) atoms. The third-order valence-electron chi connectivity index (χ3n) is 6.42. The van der Waals surface area contributed by atoms with E-state index in [1.807, 2.05) is 17.7 Å². The predicted octanol–water partition coefficient (Wildman–Crippen LogP) is 3.29. The fraction of sp³-hybridized carbons (Fsp3) is 0.478. The number of anilines is 1. The highest BCUT2D eigenvalue weighted by atomic mass is 16.2. The number of imide groups is 1. The van der Waals surface area contributed by atoms with E-state index >= 15 is 0 Å². The van der Waals surface area contributed by atoms with Crippen molar-refractivity contribution in [3.8, 4) is 11.3 Å². The summed E-state index contributed by atoms with van der Waals surface area (Å²) in [7, 11) is 1.83. The first-order valence-corrected chi connectivity index (χ1v) is 10.9. The summed E-state index contributed by atoms with van der Waals surface area (Å²) in [6, 6.07) is 4.91. The van der Waals surface area contributed by atoms with E-state index in [4.69, 9.17) is 0 Å². The smallest absolute Gasteiger partial charge is 0.325 e. The molecule has 0 radical (unpaired) electrons. The Kier molecular flexibility index (Phi) is 5.80. The SMILES string of the molecule is Cc1ccc(-c2cnc(NC(=O)C[C@H]3NC(=O)N(C4CCCCC4)C3=O)n2C)cc1C. The molecule has 4 amide bonds. The van der Waals surface area contributed by atoms with E-state index in [9.17, 15) is 14.4 Å². The predicted molar refractivity (Wildman–Crippen MR) is 117 cm³/mol. The van der Waals surface area contributed by atoms with Gasteiger partial charge in [0.25, 0.3) is 5.91 Å². The van der Waals surface area contributed by atoms with Gasteiger partial charge in [-0.2, -0.15) is 0 Å². The number of nitrogens with zero attached hydrogens (tertiary/aromatic N) is 3. The van der Waals surface area contributed by atoms with Crippen LogP contribution in [-0.2, 0) is 16.6 Å². The zero-order valence-electron chi connectivity index (χ0n) is 18.3. The maximum absolute atomic E-state index is 12.8. The summed E-state index contributed by atoms with van der Waals surface area (Å²) < 4.78 is 1.81. The highest BCUT2D eigenvalue weighted by Gasteiger charge is 2.43. The lowest BCUT2D eigenvalue weighted by Crippen LogP contribution is -2.42. The van der Waals surface area contributed by atoms with Crippen LogP contribution in [0.15, 0.2) is 24.4 Å². The maximum Gasteiger partial charge on any atom is 0.325 e. The van der Waals surface area contributed by atoms with Crippen molar-refractivity contribution in [2.45, 2.75) is 64.5 Å². The lowest BCUT2D eigenvalue weighted by Gasteiger charge is -2.28. The Balaban J connectivity index is 1.41. The normalized spacial score (nSPS) is 19.6. The van der Waals surface area contributed by atoms with Crippen molar-refractivity contribution < 1.29 is 14.4 Å². The molecule has 0 unspecified atom stereocenters. The van der Waals surface area contributed by atoms with Gasteiger partial charge in [0, 0.05) is 18.7 Å². The topological polar surface area (TPSA) is 96.3 Å². The fourth-order valence-electron chi connectivity index (χ4n) is 4.43. The largest absolute Gasteiger partial charge is 0.325 e. The number of urea groups is 1. The van der Waals surface area contributed by atoms with E-state index in [1.54, 1.807) is 6.20 Å². The van der Waals surface area contributed by atoms with Gasteiger partial charge >= 0.3 is 6.03 Å². The Morgan fingerprint density at radius 2 is 1.90 bits per heavy atom. The second kappa shape index (κ2) is 8.53. The van der Waals surface area contributed by atoms with Crippen molar-refractivity contribution in [2.75, 3.05) is 5.32 Å². The number of aryl methyl sites for hydroxylation is 2. The number of hydrogen-bond donors (Lipinski definition) is 2. The third-order valence-corrected chi connectivity index (χ3v) is 6.42. The van der Waals surface area contributed by atoms with E-state index in [-0.39, 0.29) is 30.3 Å². The van der Waals surface area contributed by atoms with Gasteiger partial charge in [0.15, 0.2) is 0 Å². The van der Waals surface area contributed by atoms with E-state index < -0.39 is 6.04 Å². The van der Waals surface area contributed by atoms with Crippen LogP contribution in [0.4, 0.5) is 10.7 Å². The van der Waals surface area contributed by atoms with Crippen LogP contribution in [0, 0.1) is 13.8 Å². The zero-order valence-corrected chi connectivity index (χ0v) is 18.3. The van der Waals surface area contributed by atoms with Gasteiger partial charge < -0.3 is 9.88 Å². The van der Waals surface area contributed by atoms with Gasteiger partial charge in [-0.25, -0.2) is 9.78 Å². The number of rotatable bonds is 5. The van der Waals surface area contributed by atoms with Gasteiger partial charge in [-0.1, -0.05) is 31.4 Å². The highest BCUT2D eigenvalue weighted by Crippen LogP contribution is 2.27. The maximum atomic E-state index is 12.8. The standard InChI is InChI=1S/C23H29N5O3/c1-14-9-10-16(11-15(14)2)19-13-24-22(27(19)3)26-20(29)12-18-21(30)28(23(31)25-18)17-7-5-4-6-8-17/h9-11,13,17-18H,4-8,12H2,1-3H3,(H,25,31)(H,24,26,29)/t18-/m1/s1. The van der Waals surface area contributed by atoms with Crippen LogP contribution in [0.1, 0.15) is 49.7 Å². The molecule has 4 rings (SSSR count). The average Bonchev–Trinajstić information content (AvgIpc) is 3.23. The Bertz CT molecular complexity index is 1020. The number of nitrogens with one attached hydrogen (secondary N) is 2. The molecule has 2 aliphatic rings. The monoisotopic (exact) mass is 423 g/mol. The number of hydrogen-bond acceptors (Lipinski definition) is 4. The van der Waals surface area contributed by atoms with E-state index in [1.165, 1.54) is 16.0 Å². The summed E-state index contributed by atoms with van der Waals surface area (Å²) in [4.78, 5) is 43.4. The summed E-state index contributed by atoms with van der Waals surface area (Å²) in [6.07, 6.45) is 6.47. The minimum absolute atomic E-state index is 0.0515. The Labute approximate surface area is 182 Å². The molecule has 1 saturated carbocycles. The minimum Gasteiger partial charge on any atom is -0.325 e. The molecule has 2 aromatic rings. The molecule has 1 saturated heterocycles. The van der Waals surface area contributed by atoms with Gasteiger partial charge in [-0.15, -0.1) is 0 Å². The van der Waals surface area contributed by atoms with Crippen LogP contribution in [0.2, 0.25) is 0 Å². The molecular weight excluding hydrogens is 394 g/mol. The zero-order chi connectivity index (χ0) is 22.1. The van der Waals surface area contributed by atoms with E-state index in [2.05, 4.69) is 41.6 Å². The summed E-state index contributed by atoms with van der Waals surface area (Å²) >= 11 is 0. The molecule has 1 aliphatic heterocycles. The molecule has 8 nitrogen and oxygen atoms in total.